The lowest BCUT2D eigenvalue weighted by Crippen LogP contribution is -2.38. The first-order valence-electron chi connectivity index (χ1n) is 9.14. The summed E-state index contributed by atoms with van der Waals surface area (Å²) in [5.74, 6) is 1.29. The van der Waals surface area contributed by atoms with Crippen molar-refractivity contribution in [2.45, 2.75) is 50.5 Å². The minimum absolute atomic E-state index is 0.248. The van der Waals surface area contributed by atoms with Crippen LogP contribution >= 0.6 is 11.6 Å². The first-order chi connectivity index (χ1) is 12.2. The van der Waals surface area contributed by atoms with Gasteiger partial charge in [-0.25, -0.2) is 4.98 Å². The molecule has 0 radical (unpaired) electrons. The van der Waals surface area contributed by atoms with E-state index in [1.165, 1.54) is 0 Å². The van der Waals surface area contributed by atoms with Crippen molar-refractivity contribution in [1.82, 2.24) is 9.88 Å². The van der Waals surface area contributed by atoms with Gasteiger partial charge >= 0.3 is 0 Å². The average molecular weight is 363 g/mol. The molecular weight excluding hydrogens is 340 g/mol. The topological polar surface area (TPSA) is 55.6 Å². The number of benzene rings is 1. The number of carbonyl (C=O) groups excluding carboxylic acids is 1. The molecule has 2 aromatic rings. The van der Waals surface area contributed by atoms with Crippen molar-refractivity contribution in [3.8, 4) is 0 Å². The van der Waals surface area contributed by atoms with Crippen molar-refractivity contribution in [2.75, 3.05) is 19.7 Å². The van der Waals surface area contributed by atoms with E-state index >= 15 is 0 Å². The van der Waals surface area contributed by atoms with Crippen LogP contribution in [0.1, 0.15) is 50.3 Å². The Balaban J connectivity index is 1.31. The fourth-order valence-electron chi connectivity index (χ4n) is 3.78. The number of nitrogens with zero attached hydrogens (tertiary/aromatic N) is 2. The van der Waals surface area contributed by atoms with Crippen LogP contribution in [0.2, 0.25) is 5.02 Å². The van der Waals surface area contributed by atoms with E-state index in [0.29, 0.717) is 11.4 Å². The van der Waals surface area contributed by atoms with Gasteiger partial charge in [0, 0.05) is 37.1 Å². The molecule has 5 nitrogen and oxygen atoms in total. The number of hydrogen-bond acceptors (Lipinski definition) is 4. The Morgan fingerprint density at radius 1 is 1.28 bits per heavy atom. The van der Waals surface area contributed by atoms with Gasteiger partial charge in [-0.3, -0.25) is 4.79 Å². The van der Waals surface area contributed by atoms with Gasteiger partial charge in [-0.15, -0.1) is 0 Å². The number of amides is 1. The summed E-state index contributed by atoms with van der Waals surface area (Å²) in [5, 5.41) is 0.666. The maximum absolute atomic E-state index is 12.4. The number of aromatic nitrogens is 1. The number of halogens is 1. The molecular formula is C19H23ClN2O3. The van der Waals surface area contributed by atoms with Crippen molar-refractivity contribution in [1.29, 1.82) is 0 Å². The Bertz CT molecular complexity index is 746. The summed E-state index contributed by atoms with van der Waals surface area (Å²) >= 11 is 6.01. The second-order valence-corrected chi connectivity index (χ2v) is 7.43. The van der Waals surface area contributed by atoms with Crippen LogP contribution in [0.5, 0.6) is 0 Å². The Labute approximate surface area is 152 Å². The summed E-state index contributed by atoms with van der Waals surface area (Å²) in [4.78, 5) is 19.0. The van der Waals surface area contributed by atoms with Crippen LogP contribution in [-0.2, 0) is 9.53 Å². The summed E-state index contributed by atoms with van der Waals surface area (Å²) in [6.45, 7) is 2.39. The molecule has 6 heteroatoms. The van der Waals surface area contributed by atoms with E-state index in [2.05, 4.69) is 4.98 Å². The van der Waals surface area contributed by atoms with Gasteiger partial charge in [-0.05, 0) is 50.3 Å². The van der Waals surface area contributed by atoms with Crippen LogP contribution in [0.15, 0.2) is 22.6 Å². The lowest BCUT2D eigenvalue weighted by atomic mass is 9.96. The highest BCUT2D eigenvalue weighted by atomic mass is 35.5. The maximum atomic E-state index is 12.4. The number of carbonyl (C=O) groups is 1. The largest absolute Gasteiger partial charge is 0.440 e. The van der Waals surface area contributed by atoms with E-state index in [0.717, 1.165) is 68.8 Å². The van der Waals surface area contributed by atoms with E-state index in [9.17, 15) is 4.79 Å². The first-order valence-corrected chi connectivity index (χ1v) is 9.52. The van der Waals surface area contributed by atoms with Gasteiger partial charge in [0.2, 0.25) is 5.91 Å². The monoisotopic (exact) mass is 362 g/mol. The molecule has 0 bridgehead atoms. The van der Waals surface area contributed by atoms with Crippen LogP contribution in [0.3, 0.4) is 0 Å². The predicted molar refractivity (Wildman–Crippen MR) is 95.8 cm³/mol. The zero-order valence-corrected chi connectivity index (χ0v) is 15.0. The van der Waals surface area contributed by atoms with Crippen molar-refractivity contribution >= 4 is 28.6 Å². The minimum atomic E-state index is 0.248. The molecule has 2 fully saturated rings. The van der Waals surface area contributed by atoms with Crippen molar-refractivity contribution in [3.05, 3.63) is 29.1 Å². The maximum Gasteiger partial charge on any atom is 0.222 e. The predicted octanol–water partition coefficient (Wildman–Crippen LogP) is 4.15. The van der Waals surface area contributed by atoms with Crippen LogP contribution in [-0.4, -0.2) is 41.6 Å². The summed E-state index contributed by atoms with van der Waals surface area (Å²) < 4.78 is 11.5. The Kier molecular flexibility index (Phi) is 4.95. The molecule has 1 aromatic carbocycles. The quantitative estimate of drug-likeness (QED) is 0.820. The second-order valence-electron chi connectivity index (χ2n) is 6.99. The summed E-state index contributed by atoms with van der Waals surface area (Å²) in [7, 11) is 0. The highest BCUT2D eigenvalue weighted by Crippen LogP contribution is 2.31. The van der Waals surface area contributed by atoms with E-state index < -0.39 is 0 Å². The molecule has 2 saturated heterocycles. The number of fused-ring (bicyclic) bond motifs is 1. The molecule has 1 amide bonds. The van der Waals surface area contributed by atoms with Gasteiger partial charge in [0.05, 0.1) is 6.10 Å². The normalized spacial score (nSPS) is 22.0. The summed E-state index contributed by atoms with van der Waals surface area (Å²) in [5.41, 5.74) is 1.58. The van der Waals surface area contributed by atoms with E-state index in [1.807, 2.05) is 23.1 Å². The third kappa shape index (κ3) is 3.82. The van der Waals surface area contributed by atoms with Crippen LogP contribution in [0, 0.1) is 0 Å². The molecule has 0 spiro atoms. The smallest absolute Gasteiger partial charge is 0.222 e. The van der Waals surface area contributed by atoms with Crippen LogP contribution in [0.25, 0.3) is 11.1 Å². The molecule has 3 heterocycles. The fraction of sp³-hybridized carbons (Fsp3) is 0.579. The number of hydrogen-bond donors (Lipinski definition) is 0. The molecule has 4 rings (SSSR count). The van der Waals surface area contributed by atoms with Gasteiger partial charge in [-0.1, -0.05) is 11.6 Å². The average Bonchev–Trinajstić information content (AvgIpc) is 3.29. The molecule has 2 aliphatic rings. The number of rotatable bonds is 4. The van der Waals surface area contributed by atoms with Gasteiger partial charge < -0.3 is 14.1 Å². The standard InChI is InChI=1S/C19H23ClN2O3/c20-14-3-5-17-16(12-14)21-19(25-17)13-7-9-22(10-8-13)18(23)6-4-15-2-1-11-24-15/h3,5,12-13,15H,1-2,4,6-11H2. The lowest BCUT2D eigenvalue weighted by Gasteiger charge is -2.31. The molecule has 2 aliphatic heterocycles. The molecule has 0 aliphatic carbocycles. The van der Waals surface area contributed by atoms with Gasteiger partial charge in [-0.2, -0.15) is 0 Å². The third-order valence-corrected chi connectivity index (χ3v) is 5.50. The van der Waals surface area contributed by atoms with Gasteiger partial charge in [0.25, 0.3) is 0 Å². The van der Waals surface area contributed by atoms with Gasteiger partial charge in [0.15, 0.2) is 11.5 Å². The molecule has 1 aromatic heterocycles. The Hall–Kier alpha value is -1.59. The molecule has 1 unspecified atom stereocenters. The summed E-state index contributed by atoms with van der Waals surface area (Å²) in [6.07, 6.45) is 5.74. The number of likely N-dealkylation sites (tertiary alicyclic amines) is 1. The van der Waals surface area contributed by atoms with E-state index in [-0.39, 0.29) is 17.9 Å². The fourth-order valence-corrected chi connectivity index (χ4v) is 3.95. The van der Waals surface area contributed by atoms with Crippen LogP contribution < -0.4 is 0 Å². The first kappa shape index (κ1) is 16.9. The second kappa shape index (κ2) is 7.34. The SMILES string of the molecule is O=C(CCC1CCCO1)N1CCC(c2nc3cc(Cl)ccc3o2)CC1. The zero-order valence-electron chi connectivity index (χ0n) is 14.2. The molecule has 1 atom stereocenters. The molecule has 134 valence electrons. The van der Waals surface area contributed by atoms with E-state index in [1.54, 1.807) is 0 Å². The van der Waals surface area contributed by atoms with Gasteiger partial charge in [0.1, 0.15) is 5.52 Å². The van der Waals surface area contributed by atoms with Crippen LogP contribution in [0.4, 0.5) is 0 Å². The number of oxazole rings is 1. The Morgan fingerprint density at radius 2 is 2.12 bits per heavy atom. The van der Waals surface area contributed by atoms with Crippen molar-refractivity contribution in [3.63, 3.8) is 0 Å². The van der Waals surface area contributed by atoms with Crippen molar-refractivity contribution < 1.29 is 13.9 Å². The zero-order chi connectivity index (χ0) is 17.2. The number of ether oxygens (including phenoxy) is 1. The highest BCUT2D eigenvalue weighted by Gasteiger charge is 2.27. The summed E-state index contributed by atoms with van der Waals surface area (Å²) in [6, 6.07) is 5.50. The Morgan fingerprint density at radius 3 is 2.88 bits per heavy atom. The highest BCUT2D eigenvalue weighted by molar-refractivity contribution is 6.31. The lowest BCUT2D eigenvalue weighted by molar-refractivity contribution is -0.133. The molecule has 25 heavy (non-hydrogen) atoms. The molecule has 0 saturated carbocycles. The minimum Gasteiger partial charge on any atom is -0.440 e. The van der Waals surface area contributed by atoms with E-state index in [4.69, 9.17) is 20.8 Å². The third-order valence-electron chi connectivity index (χ3n) is 5.27. The molecule has 0 N–H and O–H groups in total. The van der Waals surface area contributed by atoms with Crippen molar-refractivity contribution in [2.24, 2.45) is 0 Å². The number of piperidine rings is 1.